The first-order valence-corrected chi connectivity index (χ1v) is 8.12. The number of ether oxygens (including phenoxy) is 1. The van der Waals surface area contributed by atoms with Crippen molar-refractivity contribution in [3.63, 3.8) is 0 Å². The zero-order valence-electron chi connectivity index (χ0n) is 14.8. The highest BCUT2D eigenvalue weighted by Gasteiger charge is 2.25. The molecule has 0 saturated carbocycles. The number of carbonyl (C=O) groups is 1. The smallest absolute Gasteiger partial charge is 0.336 e. The van der Waals surface area contributed by atoms with Crippen LogP contribution in [0, 0.1) is 12.3 Å². The molecule has 3 rings (SSSR count). The summed E-state index contributed by atoms with van der Waals surface area (Å²) < 4.78 is 10.9. The van der Waals surface area contributed by atoms with Gasteiger partial charge in [-0.2, -0.15) is 0 Å². The summed E-state index contributed by atoms with van der Waals surface area (Å²) >= 11 is 0. The Morgan fingerprint density at radius 1 is 1.04 bits per heavy atom. The lowest BCUT2D eigenvalue weighted by molar-refractivity contribution is -0.143. The van der Waals surface area contributed by atoms with Gasteiger partial charge in [0.1, 0.15) is 11.3 Å². The van der Waals surface area contributed by atoms with E-state index in [1.807, 2.05) is 36.4 Å². The molecular weight excluding hydrogens is 316 g/mol. The van der Waals surface area contributed by atoms with Crippen LogP contribution in [0.25, 0.3) is 22.1 Å². The quantitative estimate of drug-likeness (QED) is 0.386. The van der Waals surface area contributed by atoms with Gasteiger partial charge in [0.05, 0.1) is 5.41 Å². The molecule has 2 aromatic carbocycles. The first kappa shape index (κ1) is 17.0. The van der Waals surface area contributed by atoms with E-state index in [-0.39, 0.29) is 5.97 Å². The van der Waals surface area contributed by atoms with Gasteiger partial charge in [-0.05, 0) is 51.0 Å². The Labute approximate surface area is 146 Å². The van der Waals surface area contributed by atoms with E-state index >= 15 is 0 Å². The molecule has 128 valence electrons. The van der Waals surface area contributed by atoms with Crippen LogP contribution >= 0.6 is 0 Å². The predicted molar refractivity (Wildman–Crippen MR) is 97.7 cm³/mol. The van der Waals surface area contributed by atoms with Crippen molar-refractivity contribution >= 4 is 16.9 Å². The molecule has 0 N–H and O–H groups in total. The number of aryl methyl sites for hydroxylation is 1. The number of rotatable bonds is 2. The van der Waals surface area contributed by atoms with Gasteiger partial charge >= 0.3 is 11.6 Å². The van der Waals surface area contributed by atoms with Crippen LogP contribution in [0.1, 0.15) is 26.3 Å². The van der Waals surface area contributed by atoms with Gasteiger partial charge < -0.3 is 9.15 Å². The van der Waals surface area contributed by atoms with Crippen LogP contribution in [-0.4, -0.2) is 5.97 Å². The average Bonchev–Trinajstić information content (AvgIpc) is 2.57. The first-order chi connectivity index (χ1) is 11.8. The molecule has 3 aromatic rings. The fourth-order valence-corrected chi connectivity index (χ4v) is 2.56. The molecule has 0 radical (unpaired) electrons. The van der Waals surface area contributed by atoms with E-state index in [0.29, 0.717) is 16.9 Å². The Morgan fingerprint density at radius 3 is 2.36 bits per heavy atom. The molecule has 0 aliphatic heterocycles. The third-order valence-corrected chi connectivity index (χ3v) is 4.01. The molecule has 25 heavy (non-hydrogen) atoms. The van der Waals surface area contributed by atoms with Gasteiger partial charge in [0.2, 0.25) is 0 Å². The normalized spacial score (nSPS) is 11.5. The maximum absolute atomic E-state index is 12.2. The van der Waals surface area contributed by atoms with Crippen molar-refractivity contribution < 1.29 is 13.9 Å². The predicted octanol–water partition coefficient (Wildman–Crippen LogP) is 4.72. The fraction of sp³-hybridized carbons (Fsp3) is 0.238. The molecule has 4 heteroatoms. The Bertz CT molecular complexity index is 992. The highest BCUT2D eigenvalue weighted by atomic mass is 16.5. The van der Waals surface area contributed by atoms with Gasteiger partial charge in [-0.3, -0.25) is 4.79 Å². The number of benzene rings is 2. The lowest BCUT2D eigenvalue weighted by Gasteiger charge is -2.18. The first-order valence-electron chi connectivity index (χ1n) is 8.12. The molecule has 0 unspecified atom stereocenters. The van der Waals surface area contributed by atoms with Gasteiger partial charge in [0.15, 0.2) is 0 Å². The summed E-state index contributed by atoms with van der Waals surface area (Å²) in [4.78, 5) is 24.2. The number of hydrogen-bond donors (Lipinski definition) is 0. The maximum Gasteiger partial charge on any atom is 0.336 e. The molecule has 0 aliphatic rings. The molecule has 1 aromatic heterocycles. The minimum Gasteiger partial charge on any atom is -0.426 e. The second kappa shape index (κ2) is 6.20. The van der Waals surface area contributed by atoms with Crippen LogP contribution in [0.3, 0.4) is 0 Å². The maximum atomic E-state index is 12.2. The van der Waals surface area contributed by atoms with Gasteiger partial charge in [-0.15, -0.1) is 0 Å². The second-order valence-corrected chi connectivity index (χ2v) is 7.05. The molecule has 0 fully saturated rings. The minimum atomic E-state index is -0.617. The minimum absolute atomic E-state index is 0.337. The van der Waals surface area contributed by atoms with Crippen molar-refractivity contribution in [3.05, 3.63) is 64.5 Å². The molecule has 0 aliphatic carbocycles. The van der Waals surface area contributed by atoms with E-state index in [1.165, 1.54) is 6.07 Å². The summed E-state index contributed by atoms with van der Waals surface area (Å²) in [6.07, 6.45) is 0. The van der Waals surface area contributed by atoms with Crippen LogP contribution in [0.2, 0.25) is 0 Å². The topological polar surface area (TPSA) is 56.5 Å². The van der Waals surface area contributed by atoms with Gasteiger partial charge in [-0.1, -0.05) is 30.3 Å². The van der Waals surface area contributed by atoms with Crippen LogP contribution in [0.4, 0.5) is 0 Å². The van der Waals surface area contributed by atoms with E-state index in [0.717, 1.165) is 16.5 Å². The van der Waals surface area contributed by atoms with Crippen LogP contribution < -0.4 is 10.4 Å². The number of esters is 1. The molecule has 0 amide bonds. The largest absolute Gasteiger partial charge is 0.426 e. The molecule has 0 saturated heterocycles. The SMILES string of the molecule is Cc1c(OC(=O)C(C)(C)C)ccc2c(-c3ccccc3)cc(=O)oc12. The number of carbonyl (C=O) groups excluding carboxylic acids is 1. The van der Waals surface area contributed by atoms with E-state index in [2.05, 4.69) is 0 Å². The zero-order chi connectivity index (χ0) is 18.2. The lowest BCUT2D eigenvalue weighted by atomic mass is 9.97. The summed E-state index contributed by atoms with van der Waals surface area (Å²) in [5.41, 5.74) is 1.74. The third kappa shape index (κ3) is 3.33. The van der Waals surface area contributed by atoms with Crippen molar-refractivity contribution in [2.45, 2.75) is 27.7 Å². The van der Waals surface area contributed by atoms with Crippen molar-refractivity contribution in [2.24, 2.45) is 5.41 Å². The Hall–Kier alpha value is -2.88. The number of fused-ring (bicyclic) bond motifs is 1. The average molecular weight is 336 g/mol. The third-order valence-electron chi connectivity index (χ3n) is 4.01. The summed E-state index contributed by atoms with van der Waals surface area (Å²) in [6.45, 7) is 7.16. The summed E-state index contributed by atoms with van der Waals surface area (Å²) in [5, 5.41) is 0.804. The standard InChI is InChI=1S/C21H20O4/c1-13-17(24-20(23)21(2,3)4)11-10-15-16(12-18(22)25-19(13)15)14-8-6-5-7-9-14/h5-12H,1-4H3. The van der Waals surface area contributed by atoms with Crippen molar-refractivity contribution in [3.8, 4) is 16.9 Å². The van der Waals surface area contributed by atoms with Gasteiger partial charge in [0.25, 0.3) is 0 Å². The second-order valence-electron chi connectivity index (χ2n) is 7.05. The van der Waals surface area contributed by atoms with E-state index < -0.39 is 11.0 Å². The number of hydrogen-bond acceptors (Lipinski definition) is 4. The van der Waals surface area contributed by atoms with Crippen molar-refractivity contribution in [1.29, 1.82) is 0 Å². The van der Waals surface area contributed by atoms with E-state index in [4.69, 9.17) is 9.15 Å². The van der Waals surface area contributed by atoms with Crippen molar-refractivity contribution in [1.82, 2.24) is 0 Å². The van der Waals surface area contributed by atoms with E-state index in [1.54, 1.807) is 33.8 Å². The Morgan fingerprint density at radius 2 is 1.72 bits per heavy atom. The molecular formula is C21H20O4. The Balaban J connectivity index is 2.17. The summed E-state index contributed by atoms with van der Waals surface area (Å²) in [5.74, 6) is 0.0669. The van der Waals surface area contributed by atoms with Gasteiger partial charge in [-0.25, -0.2) is 4.79 Å². The van der Waals surface area contributed by atoms with Crippen LogP contribution in [-0.2, 0) is 4.79 Å². The molecule has 0 atom stereocenters. The fourth-order valence-electron chi connectivity index (χ4n) is 2.56. The van der Waals surface area contributed by atoms with Gasteiger partial charge in [0, 0.05) is 17.0 Å². The highest BCUT2D eigenvalue weighted by Crippen LogP contribution is 2.33. The summed E-state index contributed by atoms with van der Waals surface area (Å²) in [6, 6.07) is 14.7. The Kier molecular flexibility index (Phi) is 4.21. The molecule has 4 nitrogen and oxygen atoms in total. The highest BCUT2D eigenvalue weighted by molar-refractivity contribution is 5.96. The monoisotopic (exact) mass is 336 g/mol. The molecule has 1 heterocycles. The lowest BCUT2D eigenvalue weighted by Crippen LogP contribution is -2.25. The van der Waals surface area contributed by atoms with Crippen LogP contribution in [0.15, 0.2) is 57.7 Å². The van der Waals surface area contributed by atoms with Crippen LogP contribution in [0.5, 0.6) is 5.75 Å². The van der Waals surface area contributed by atoms with Crippen molar-refractivity contribution in [2.75, 3.05) is 0 Å². The molecule has 0 bridgehead atoms. The molecule has 0 spiro atoms. The van der Waals surface area contributed by atoms with E-state index in [9.17, 15) is 9.59 Å². The zero-order valence-corrected chi connectivity index (χ0v) is 14.8. The summed E-state index contributed by atoms with van der Waals surface area (Å²) in [7, 11) is 0.